The van der Waals surface area contributed by atoms with Crippen molar-refractivity contribution in [3.05, 3.63) is 35.4 Å². The summed E-state index contributed by atoms with van der Waals surface area (Å²) in [5.74, 6) is -0.242. The molecule has 0 saturated heterocycles. The van der Waals surface area contributed by atoms with Crippen LogP contribution >= 0.6 is 11.6 Å². The van der Waals surface area contributed by atoms with Gasteiger partial charge in [-0.25, -0.2) is 0 Å². The Kier molecular flexibility index (Phi) is 4.27. The number of benzene rings is 1. The van der Waals surface area contributed by atoms with E-state index < -0.39 is 23.2 Å². The minimum absolute atomic E-state index is 0.168. The standard InChI is InChI=1S/C12H13ClF3NO/c1-11(2,7-13)17-10(18)8-3-5-9(6-4-8)12(14,15)16/h3-6H,7H2,1-2H3,(H,17,18). The summed E-state index contributed by atoms with van der Waals surface area (Å²) in [5.41, 5.74) is -1.22. The largest absolute Gasteiger partial charge is 0.416 e. The Hall–Kier alpha value is -1.23. The smallest absolute Gasteiger partial charge is 0.346 e. The van der Waals surface area contributed by atoms with Crippen LogP contribution < -0.4 is 5.32 Å². The van der Waals surface area contributed by atoms with Gasteiger partial charge in [0.05, 0.1) is 5.56 Å². The predicted octanol–water partition coefficient (Wildman–Crippen LogP) is 3.45. The van der Waals surface area contributed by atoms with Crippen molar-refractivity contribution in [2.24, 2.45) is 0 Å². The van der Waals surface area contributed by atoms with Gasteiger partial charge in [0.1, 0.15) is 0 Å². The molecule has 6 heteroatoms. The van der Waals surface area contributed by atoms with Crippen molar-refractivity contribution < 1.29 is 18.0 Å². The first-order chi connectivity index (χ1) is 8.15. The molecule has 1 N–H and O–H groups in total. The third kappa shape index (κ3) is 3.91. The second-order valence-electron chi connectivity index (χ2n) is 4.55. The molecule has 0 atom stereocenters. The van der Waals surface area contributed by atoms with Gasteiger partial charge < -0.3 is 5.32 Å². The van der Waals surface area contributed by atoms with Gasteiger partial charge in [0.15, 0.2) is 0 Å². The maximum atomic E-state index is 12.3. The lowest BCUT2D eigenvalue weighted by molar-refractivity contribution is -0.137. The van der Waals surface area contributed by atoms with Crippen molar-refractivity contribution in [1.29, 1.82) is 0 Å². The molecular formula is C12H13ClF3NO. The molecule has 0 fully saturated rings. The number of carbonyl (C=O) groups is 1. The van der Waals surface area contributed by atoms with Gasteiger partial charge in [0.25, 0.3) is 5.91 Å². The predicted molar refractivity (Wildman–Crippen MR) is 63.7 cm³/mol. The fourth-order valence-electron chi connectivity index (χ4n) is 1.22. The molecule has 1 rings (SSSR count). The summed E-state index contributed by atoms with van der Waals surface area (Å²) in [7, 11) is 0. The molecule has 0 radical (unpaired) electrons. The van der Waals surface area contributed by atoms with Crippen LogP contribution in [0.4, 0.5) is 13.2 Å². The van der Waals surface area contributed by atoms with E-state index in [-0.39, 0.29) is 11.4 Å². The Balaban J connectivity index is 2.83. The molecule has 2 nitrogen and oxygen atoms in total. The first-order valence-corrected chi connectivity index (χ1v) is 5.75. The SMILES string of the molecule is CC(C)(CCl)NC(=O)c1ccc(C(F)(F)F)cc1. The summed E-state index contributed by atoms with van der Waals surface area (Å²) >= 11 is 5.65. The minimum atomic E-state index is -4.40. The topological polar surface area (TPSA) is 29.1 Å². The van der Waals surface area contributed by atoms with E-state index in [1.807, 2.05) is 0 Å². The van der Waals surface area contributed by atoms with E-state index in [0.29, 0.717) is 0 Å². The van der Waals surface area contributed by atoms with Crippen LogP contribution in [-0.2, 0) is 6.18 Å². The highest BCUT2D eigenvalue weighted by molar-refractivity contribution is 6.18. The van der Waals surface area contributed by atoms with Gasteiger partial charge in [-0.05, 0) is 38.1 Å². The molecule has 0 aliphatic carbocycles. The lowest BCUT2D eigenvalue weighted by Gasteiger charge is -2.23. The zero-order valence-electron chi connectivity index (χ0n) is 9.94. The van der Waals surface area contributed by atoms with Crippen LogP contribution in [0.1, 0.15) is 29.8 Å². The maximum absolute atomic E-state index is 12.3. The van der Waals surface area contributed by atoms with Crippen molar-refractivity contribution in [2.75, 3.05) is 5.88 Å². The van der Waals surface area contributed by atoms with E-state index in [4.69, 9.17) is 11.6 Å². The molecule has 1 aromatic carbocycles. The van der Waals surface area contributed by atoms with E-state index in [1.54, 1.807) is 13.8 Å². The molecule has 0 heterocycles. The summed E-state index contributed by atoms with van der Waals surface area (Å²) in [5, 5.41) is 2.63. The highest BCUT2D eigenvalue weighted by atomic mass is 35.5. The molecule has 1 aromatic rings. The molecular weight excluding hydrogens is 267 g/mol. The number of halogens is 4. The van der Waals surface area contributed by atoms with Gasteiger partial charge in [-0.3, -0.25) is 4.79 Å². The lowest BCUT2D eigenvalue weighted by Crippen LogP contribution is -2.44. The quantitative estimate of drug-likeness (QED) is 0.844. The third-order valence-corrected chi connectivity index (χ3v) is 2.93. The molecule has 0 aromatic heterocycles. The van der Waals surface area contributed by atoms with Crippen LogP contribution in [-0.4, -0.2) is 17.3 Å². The van der Waals surface area contributed by atoms with Gasteiger partial charge in [-0.15, -0.1) is 11.6 Å². The second kappa shape index (κ2) is 5.18. The average Bonchev–Trinajstić information content (AvgIpc) is 2.27. The minimum Gasteiger partial charge on any atom is -0.346 e. The van der Waals surface area contributed by atoms with Gasteiger partial charge in [0, 0.05) is 17.0 Å². The molecule has 1 amide bonds. The highest BCUT2D eigenvalue weighted by Gasteiger charge is 2.30. The average molecular weight is 280 g/mol. The molecule has 0 saturated carbocycles. The van der Waals surface area contributed by atoms with Crippen LogP contribution in [0.5, 0.6) is 0 Å². The second-order valence-corrected chi connectivity index (χ2v) is 4.81. The number of hydrogen-bond donors (Lipinski definition) is 1. The molecule has 0 unspecified atom stereocenters. The summed E-state index contributed by atoms with van der Waals surface area (Å²) in [6.45, 7) is 3.45. The van der Waals surface area contributed by atoms with Crippen LogP contribution in [0, 0.1) is 0 Å². The number of alkyl halides is 4. The van der Waals surface area contributed by atoms with Crippen molar-refractivity contribution in [3.63, 3.8) is 0 Å². The summed E-state index contributed by atoms with van der Waals surface area (Å²) in [6, 6.07) is 4.04. The first-order valence-electron chi connectivity index (χ1n) is 5.21. The first kappa shape index (κ1) is 14.8. The number of hydrogen-bond acceptors (Lipinski definition) is 1. The molecule has 0 bridgehead atoms. The highest BCUT2D eigenvalue weighted by Crippen LogP contribution is 2.29. The third-order valence-electron chi connectivity index (χ3n) is 2.26. The summed E-state index contributed by atoms with van der Waals surface area (Å²) in [6.07, 6.45) is -4.40. The molecule has 18 heavy (non-hydrogen) atoms. The number of nitrogens with one attached hydrogen (secondary N) is 1. The Morgan fingerprint density at radius 3 is 2.11 bits per heavy atom. The van der Waals surface area contributed by atoms with Crippen LogP contribution in [0.3, 0.4) is 0 Å². The molecule has 0 aliphatic rings. The van der Waals surface area contributed by atoms with E-state index in [9.17, 15) is 18.0 Å². The molecule has 0 aliphatic heterocycles. The van der Waals surface area contributed by atoms with Crippen molar-refractivity contribution in [3.8, 4) is 0 Å². The number of amides is 1. The maximum Gasteiger partial charge on any atom is 0.416 e. The zero-order chi connectivity index (χ0) is 14.0. The Labute approximate surface area is 108 Å². The summed E-state index contributed by atoms with van der Waals surface area (Å²) in [4.78, 5) is 11.7. The van der Waals surface area contributed by atoms with E-state index in [1.165, 1.54) is 0 Å². The van der Waals surface area contributed by atoms with Crippen molar-refractivity contribution in [1.82, 2.24) is 5.32 Å². The molecule has 100 valence electrons. The van der Waals surface area contributed by atoms with Gasteiger partial charge in [-0.2, -0.15) is 13.2 Å². The van der Waals surface area contributed by atoms with Crippen LogP contribution in [0.2, 0.25) is 0 Å². The monoisotopic (exact) mass is 279 g/mol. The Morgan fingerprint density at radius 2 is 1.72 bits per heavy atom. The van der Waals surface area contributed by atoms with E-state index >= 15 is 0 Å². The summed E-state index contributed by atoms with van der Waals surface area (Å²) < 4.78 is 37.0. The fraction of sp³-hybridized carbons (Fsp3) is 0.417. The van der Waals surface area contributed by atoms with Crippen molar-refractivity contribution in [2.45, 2.75) is 25.6 Å². The van der Waals surface area contributed by atoms with Gasteiger partial charge in [-0.1, -0.05) is 0 Å². The Morgan fingerprint density at radius 1 is 1.22 bits per heavy atom. The van der Waals surface area contributed by atoms with Crippen LogP contribution in [0.15, 0.2) is 24.3 Å². The van der Waals surface area contributed by atoms with Gasteiger partial charge in [0.2, 0.25) is 0 Å². The number of rotatable bonds is 3. The zero-order valence-corrected chi connectivity index (χ0v) is 10.7. The van der Waals surface area contributed by atoms with E-state index in [2.05, 4.69) is 5.32 Å². The normalized spacial score (nSPS) is 12.3. The van der Waals surface area contributed by atoms with E-state index in [0.717, 1.165) is 24.3 Å². The van der Waals surface area contributed by atoms with Crippen LogP contribution in [0.25, 0.3) is 0 Å². The molecule has 0 spiro atoms. The van der Waals surface area contributed by atoms with Gasteiger partial charge >= 0.3 is 6.18 Å². The fourth-order valence-corrected chi connectivity index (χ4v) is 1.29. The Bertz CT molecular complexity index is 426. The number of carbonyl (C=O) groups excluding carboxylic acids is 1. The lowest BCUT2D eigenvalue weighted by atomic mass is 10.1. The van der Waals surface area contributed by atoms with Crippen molar-refractivity contribution >= 4 is 17.5 Å².